The van der Waals surface area contributed by atoms with E-state index in [0.717, 1.165) is 19.3 Å². The zero-order valence-electron chi connectivity index (χ0n) is 12.9. The van der Waals surface area contributed by atoms with E-state index in [0.29, 0.717) is 11.3 Å². The van der Waals surface area contributed by atoms with Crippen LogP contribution in [0.25, 0.3) is 0 Å². The average Bonchev–Trinajstić information content (AvgIpc) is 2.47. The number of carbonyl (C=O) groups excluding carboxylic acids is 1. The van der Waals surface area contributed by atoms with Crippen LogP contribution in [0.4, 0.5) is 0 Å². The summed E-state index contributed by atoms with van der Waals surface area (Å²) in [6.45, 7) is 2.31. The summed E-state index contributed by atoms with van der Waals surface area (Å²) in [5.41, 5.74) is 7.67. The van der Waals surface area contributed by atoms with Crippen molar-refractivity contribution in [3.05, 3.63) is 35.9 Å². The second-order valence-electron chi connectivity index (χ2n) is 8.15. The van der Waals surface area contributed by atoms with Crippen molar-refractivity contribution in [1.82, 2.24) is 0 Å². The number of amides is 1. The predicted molar refractivity (Wildman–Crippen MR) is 85.8 cm³/mol. The Labute approximate surface area is 128 Å². The Bertz CT molecular complexity index is 588. The third-order valence-corrected chi connectivity index (χ3v) is 6.84. The first-order valence-electron chi connectivity index (χ1n) is 8.37. The molecular formula is C19H27NO. The lowest BCUT2D eigenvalue weighted by molar-refractivity contribution is -0.160. The first-order chi connectivity index (χ1) is 10.0. The van der Waals surface area contributed by atoms with Crippen molar-refractivity contribution in [3.63, 3.8) is 0 Å². The first-order valence-corrected chi connectivity index (χ1v) is 8.37. The van der Waals surface area contributed by atoms with Crippen molar-refractivity contribution >= 4 is 5.91 Å². The maximum Gasteiger partial charge on any atom is 0.223 e. The molecule has 4 saturated carbocycles. The Morgan fingerprint density at radius 2 is 1.95 bits per heavy atom. The Morgan fingerprint density at radius 3 is 2.62 bits per heavy atom. The molecule has 0 aromatic heterocycles. The van der Waals surface area contributed by atoms with E-state index in [1.165, 1.54) is 31.2 Å². The van der Waals surface area contributed by atoms with Gasteiger partial charge in [0.15, 0.2) is 0 Å². The molecule has 1 aromatic rings. The summed E-state index contributed by atoms with van der Waals surface area (Å²) in [4.78, 5) is 12.3. The molecule has 4 bridgehead atoms. The van der Waals surface area contributed by atoms with E-state index in [4.69, 9.17) is 5.73 Å². The minimum absolute atomic E-state index is 0. The van der Waals surface area contributed by atoms with E-state index >= 15 is 0 Å². The SMILES string of the molecule is CC[C@]12CC3CC(C(N)=O)(C1)C[C@@](c1ccccc1)(C3)C2.[HH]. The fourth-order valence-corrected chi connectivity index (χ4v) is 6.42. The van der Waals surface area contributed by atoms with Gasteiger partial charge in [-0.3, -0.25) is 4.79 Å². The van der Waals surface area contributed by atoms with E-state index in [1.807, 2.05) is 0 Å². The van der Waals surface area contributed by atoms with Gasteiger partial charge in [0.2, 0.25) is 5.91 Å². The number of benzene rings is 1. The Kier molecular flexibility index (Phi) is 2.62. The van der Waals surface area contributed by atoms with Gasteiger partial charge < -0.3 is 5.73 Å². The highest BCUT2D eigenvalue weighted by molar-refractivity contribution is 5.82. The van der Waals surface area contributed by atoms with E-state index in [2.05, 4.69) is 37.3 Å². The molecule has 114 valence electrons. The standard InChI is InChI=1S/C19H25NO.H2/c1-2-17-8-14-9-18(11-17,15-6-4-3-5-7-15)13-19(10-14,12-17)16(20)21;/h3-7,14H,2,8-13H2,1H3,(H2,20,21);1H/t14?,17-,18-,19?;/m1./s1. The van der Waals surface area contributed by atoms with Gasteiger partial charge in [0.1, 0.15) is 0 Å². The molecule has 1 amide bonds. The lowest BCUT2D eigenvalue weighted by Crippen LogP contribution is -2.62. The van der Waals surface area contributed by atoms with Crippen LogP contribution in [-0.2, 0) is 10.2 Å². The van der Waals surface area contributed by atoms with Crippen LogP contribution >= 0.6 is 0 Å². The lowest BCUT2D eigenvalue weighted by atomic mass is 9.38. The molecule has 2 N–H and O–H groups in total. The molecule has 5 rings (SSSR count). The third kappa shape index (κ3) is 1.74. The van der Waals surface area contributed by atoms with Crippen molar-refractivity contribution in [2.45, 2.75) is 57.3 Å². The smallest absolute Gasteiger partial charge is 0.223 e. The van der Waals surface area contributed by atoms with E-state index < -0.39 is 0 Å². The third-order valence-electron chi connectivity index (χ3n) is 6.84. The van der Waals surface area contributed by atoms with Crippen LogP contribution in [0.5, 0.6) is 0 Å². The van der Waals surface area contributed by atoms with Crippen molar-refractivity contribution in [2.75, 3.05) is 0 Å². The molecule has 2 heteroatoms. The largest absolute Gasteiger partial charge is 0.369 e. The Morgan fingerprint density at radius 1 is 1.19 bits per heavy atom. The number of rotatable bonds is 3. The normalized spacial score (nSPS) is 44.0. The lowest BCUT2D eigenvalue weighted by Gasteiger charge is -2.66. The molecule has 0 heterocycles. The van der Waals surface area contributed by atoms with Gasteiger partial charge in [0, 0.05) is 1.43 Å². The van der Waals surface area contributed by atoms with Gasteiger partial charge in [0.25, 0.3) is 0 Å². The molecule has 0 radical (unpaired) electrons. The predicted octanol–water partition coefficient (Wildman–Crippen LogP) is 4.04. The number of nitrogens with two attached hydrogens (primary N) is 1. The molecule has 4 fully saturated rings. The summed E-state index contributed by atoms with van der Waals surface area (Å²) in [5, 5.41) is 0. The highest BCUT2D eigenvalue weighted by atomic mass is 16.1. The molecule has 21 heavy (non-hydrogen) atoms. The maximum atomic E-state index is 12.3. The molecule has 1 aromatic carbocycles. The minimum Gasteiger partial charge on any atom is -0.369 e. The summed E-state index contributed by atoms with van der Waals surface area (Å²) in [6.07, 6.45) is 8.08. The Hall–Kier alpha value is -1.31. The van der Waals surface area contributed by atoms with Gasteiger partial charge in [-0.15, -0.1) is 0 Å². The summed E-state index contributed by atoms with van der Waals surface area (Å²) < 4.78 is 0. The van der Waals surface area contributed by atoms with Gasteiger partial charge in [0.05, 0.1) is 5.41 Å². The highest BCUT2D eigenvalue weighted by Crippen LogP contribution is 2.70. The molecule has 0 spiro atoms. The van der Waals surface area contributed by atoms with Crippen LogP contribution in [0.15, 0.2) is 30.3 Å². The average molecular weight is 285 g/mol. The molecule has 0 saturated heterocycles. The quantitative estimate of drug-likeness (QED) is 0.895. The molecule has 4 atom stereocenters. The van der Waals surface area contributed by atoms with Crippen molar-refractivity contribution in [1.29, 1.82) is 0 Å². The number of primary amides is 1. The topological polar surface area (TPSA) is 43.1 Å². The van der Waals surface area contributed by atoms with Crippen LogP contribution < -0.4 is 5.73 Å². The van der Waals surface area contributed by atoms with Gasteiger partial charge in [-0.05, 0) is 60.8 Å². The van der Waals surface area contributed by atoms with Crippen LogP contribution in [0, 0.1) is 16.7 Å². The zero-order chi connectivity index (χ0) is 14.7. The fourth-order valence-electron chi connectivity index (χ4n) is 6.42. The second kappa shape index (κ2) is 4.12. The minimum atomic E-state index is -0.231. The molecule has 2 nitrogen and oxygen atoms in total. The second-order valence-corrected chi connectivity index (χ2v) is 8.15. The fraction of sp³-hybridized carbons (Fsp3) is 0.632. The van der Waals surface area contributed by atoms with Gasteiger partial charge >= 0.3 is 0 Å². The summed E-state index contributed by atoms with van der Waals surface area (Å²) in [7, 11) is 0. The summed E-state index contributed by atoms with van der Waals surface area (Å²) >= 11 is 0. The van der Waals surface area contributed by atoms with Crippen molar-refractivity contribution in [2.24, 2.45) is 22.5 Å². The van der Waals surface area contributed by atoms with E-state index in [1.54, 1.807) is 0 Å². The molecule has 0 aliphatic heterocycles. The van der Waals surface area contributed by atoms with Gasteiger partial charge in [-0.25, -0.2) is 0 Å². The van der Waals surface area contributed by atoms with Gasteiger partial charge in [-0.2, -0.15) is 0 Å². The summed E-state index contributed by atoms with van der Waals surface area (Å²) in [5.74, 6) is 0.652. The zero-order valence-corrected chi connectivity index (χ0v) is 12.9. The van der Waals surface area contributed by atoms with Crippen LogP contribution in [0.3, 0.4) is 0 Å². The molecule has 2 unspecified atom stereocenters. The van der Waals surface area contributed by atoms with Crippen molar-refractivity contribution < 1.29 is 6.22 Å². The summed E-state index contributed by atoms with van der Waals surface area (Å²) in [6, 6.07) is 10.9. The van der Waals surface area contributed by atoms with Crippen LogP contribution in [-0.4, -0.2) is 5.91 Å². The maximum absolute atomic E-state index is 12.3. The van der Waals surface area contributed by atoms with Crippen LogP contribution in [0.1, 0.15) is 58.9 Å². The molecule has 4 aliphatic carbocycles. The van der Waals surface area contributed by atoms with Gasteiger partial charge in [-0.1, -0.05) is 43.7 Å². The molecular weight excluding hydrogens is 258 g/mol. The number of carbonyl (C=O) groups is 1. The first kappa shape index (κ1) is 13.4. The van der Waals surface area contributed by atoms with Crippen molar-refractivity contribution in [3.8, 4) is 0 Å². The number of hydrogen-bond acceptors (Lipinski definition) is 1. The number of hydrogen-bond donors (Lipinski definition) is 1. The van der Waals surface area contributed by atoms with E-state index in [9.17, 15) is 4.79 Å². The van der Waals surface area contributed by atoms with E-state index in [-0.39, 0.29) is 18.2 Å². The molecule has 4 aliphatic rings. The Balaban J connectivity index is 0.00000144. The van der Waals surface area contributed by atoms with Crippen LogP contribution in [0.2, 0.25) is 0 Å². The monoisotopic (exact) mass is 285 g/mol. The highest BCUT2D eigenvalue weighted by Gasteiger charge is 2.64.